The summed E-state index contributed by atoms with van der Waals surface area (Å²) in [6.07, 6.45) is -4.47. The molecule has 0 saturated carbocycles. The lowest BCUT2D eigenvalue weighted by Gasteiger charge is -2.43. The van der Waals surface area contributed by atoms with Crippen LogP contribution in [0.4, 0.5) is 0 Å². The third kappa shape index (κ3) is 3.66. The van der Waals surface area contributed by atoms with Crippen LogP contribution in [-0.4, -0.2) is 47.8 Å². The smallest absolute Gasteiger partial charge is 0.184 e. The van der Waals surface area contributed by atoms with Gasteiger partial charge in [0.05, 0.1) is 13.2 Å². The van der Waals surface area contributed by atoms with Crippen LogP contribution in [0.1, 0.15) is 23.7 Å². The van der Waals surface area contributed by atoms with E-state index in [0.29, 0.717) is 0 Å². The Morgan fingerprint density at radius 1 is 0.615 bits per heavy atom. The van der Waals surface area contributed by atoms with Gasteiger partial charge < -0.3 is 29.2 Å². The van der Waals surface area contributed by atoms with Gasteiger partial charge >= 0.3 is 0 Å². The van der Waals surface area contributed by atoms with Gasteiger partial charge in [-0.3, -0.25) is 0 Å². The van der Waals surface area contributed by atoms with Crippen LogP contribution in [0, 0.1) is 0 Å². The zero-order valence-corrected chi connectivity index (χ0v) is 14.2. The summed E-state index contributed by atoms with van der Waals surface area (Å²) in [6, 6.07) is 19.0. The molecule has 6 atom stereocenters. The standard InChI is InChI=1S/C20H22O6/c21-15-11-23-19(13-7-3-1-4-8-13)25-17(15)18-16(22)12-24-20(26-18)14-9-5-2-6-10-14/h1-10,15-22H,11-12H2/t15-,16-,17+,18+,19?,20?/m1/s1. The molecule has 2 N–H and O–H groups in total. The Morgan fingerprint density at radius 2 is 1.00 bits per heavy atom. The Morgan fingerprint density at radius 3 is 1.38 bits per heavy atom. The molecule has 0 amide bonds. The molecule has 2 aromatic rings. The molecule has 0 aliphatic carbocycles. The number of aliphatic hydroxyl groups is 2. The first-order valence-electron chi connectivity index (χ1n) is 8.72. The highest BCUT2D eigenvalue weighted by Gasteiger charge is 2.44. The van der Waals surface area contributed by atoms with Gasteiger partial charge in [-0.25, -0.2) is 0 Å². The SMILES string of the molecule is O[C@@H]1COC(c2ccccc2)O[C@@H]1[C@H]1OC(c2ccccc2)OC[C@H]1O. The first kappa shape index (κ1) is 17.6. The van der Waals surface area contributed by atoms with Crippen LogP contribution in [0.2, 0.25) is 0 Å². The maximum Gasteiger partial charge on any atom is 0.184 e. The fourth-order valence-electron chi connectivity index (χ4n) is 3.27. The Kier molecular flexibility index (Phi) is 5.31. The minimum atomic E-state index is -0.899. The molecule has 0 aromatic heterocycles. The van der Waals surface area contributed by atoms with Crippen molar-refractivity contribution in [1.29, 1.82) is 0 Å². The number of hydrogen-bond acceptors (Lipinski definition) is 6. The average molecular weight is 358 g/mol. The van der Waals surface area contributed by atoms with Crippen molar-refractivity contribution < 1.29 is 29.2 Å². The van der Waals surface area contributed by atoms with Crippen molar-refractivity contribution in [3.8, 4) is 0 Å². The first-order valence-corrected chi connectivity index (χ1v) is 8.72. The van der Waals surface area contributed by atoms with Gasteiger partial charge in [0, 0.05) is 11.1 Å². The van der Waals surface area contributed by atoms with Crippen LogP contribution in [0.3, 0.4) is 0 Å². The quantitative estimate of drug-likeness (QED) is 0.873. The van der Waals surface area contributed by atoms with Crippen molar-refractivity contribution in [3.05, 3.63) is 71.8 Å². The van der Waals surface area contributed by atoms with Gasteiger partial charge in [-0.2, -0.15) is 0 Å². The first-order chi connectivity index (χ1) is 12.7. The number of aliphatic hydroxyl groups excluding tert-OH is 2. The second kappa shape index (κ2) is 7.84. The van der Waals surface area contributed by atoms with Crippen LogP contribution in [-0.2, 0) is 18.9 Å². The molecule has 2 saturated heterocycles. The second-order valence-corrected chi connectivity index (χ2v) is 6.49. The van der Waals surface area contributed by atoms with E-state index in [0.717, 1.165) is 11.1 Å². The van der Waals surface area contributed by atoms with Crippen molar-refractivity contribution >= 4 is 0 Å². The summed E-state index contributed by atoms with van der Waals surface area (Å²) in [4.78, 5) is 0. The molecule has 2 aliphatic rings. The molecule has 0 spiro atoms. The van der Waals surface area contributed by atoms with E-state index in [1.54, 1.807) is 0 Å². The number of rotatable bonds is 3. The molecule has 26 heavy (non-hydrogen) atoms. The van der Waals surface area contributed by atoms with Crippen molar-refractivity contribution in [2.75, 3.05) is 13.2 Å². The van der Waals surface area contributed by atoms with Crippen molar-refractivity contribution in [1.82, 2.24) is 0 Å². The molecule has 6 nitrogen and oxygen atoms in total. The maximum atomic E-state index is 10.4. The minimum absolute atomic E-state index is 0.105. The largest absolute Gasteiger partial charge is 0.388 e. The predicted molar refractivity (Wildman–Crippen MR) is 92.0 cm³/mol. The zero-order chi connectivity index (χ0) is 17.9. The van der Waals surface area contributed by atoms with Gasteiger partial charge in [0.25, 0.3) is 0 Å². The van der Waals surface area contributed by atoms with E-state index >= 15 is 0 Å². The Labute approximate surface area is 151 Å². The van der Waals surface area contributed by atoms with Crippen LogP contribution in [0.5, 0.6) is 0 Å². The number of hydrogen-bond donors (Lipinski definition) is 2. The monoisotopic (exact) mass is 358 g/mol. The molecule has 4 rings (SSSR count). The van der Waals surface area contributed by atoms with E-state index < -0.39 is 37.0 Å². The van der Waals surface area contributed by atoms with Crippen LogP contribution >= 0.6 is 0 Å². The normalized spacial score (nSPS) is 35.2. The van der Waals surface area contributed by atoms with Crippen LogP contribution in [0.25, 0.3) is 0 Å². The lowest BCUT2D eigenvalue weighted by atomic mass is 10.0. The lowest BCUT2D eigenvalue weighted by molar-refractivity contribution is -0.331. The molecule has 2 unspecified atom stereocenters. The minimum Gasteiger partial charge on any atom is -0.388 e. The number of benzene rings is 2. The fourth-order valence-corrected chi connectivity index (χ4v) is 3.27. The van der Waals surface area contributed by atoms with Gasteiger partial charge in [-0.1, -0.05) is 60.7 Å². The summed E-state index contributed by atoms with van der Waals surface area (Å²) >= 11 is 0. The van der Waals surface area contributed by atoms with Crippen LogP contribution < -0.4 is 0 Å². The zero-order valence-electron chi connectivity index (χ0n) is 14.2. The predicted octanol–water partition coefficient (Wildman–Crippen LogP) is 1.94. The summed E-state index contributed by atoms with van der Waals surface area (Å²) < 4.78 is 23.1. The Hall–Kier alpha value is -1.80. The van der Waals surface area contributed by atoms with Gasteiger partial charge in [0.15, 0.2) is 12.6 Å². The lowest BCUT2D eigenvalue weighted by Crippen LogP contribution is -2.55. The van der Waals surface area contributed by atoms with E-state index in [4.69, 9.17) is 18.9 Å². The summed E-state index contributed by atoms with van der Waals surface area (Å²) in [7, 11) is 0. The fraction of sp³-hybridized carbons (Fsp3) is 0.400. The van der Waals surface area contributed by atoms with E-state index in [9.17, 15) is 10.2 Å². The third-order valence-electron chi connectivity index (χ3n) is 4.62. The number of ether oxygens (including phenoxy) is 4. The van der Waals surface area contributed by atoms with E-state index in [1.807, 2.05) is 60.7 Å². The molecule has 0 bridgehead atoms. The molecule has 2 heterocycles. The van der Waals surface area contributed by atoms with E-state index in [2.05, 4.69) is 0 Å². The third-order valence-corrected chi connectivity index (χ3v) is 4.62. The van der Waals surface area contributed by atoms with Crippen molar-refractivity contribution in [3.63, 3.8) is 0 Å². The summed E-state index contributed by atoms with van der Waals surface area (Å²) in [5.74, 6) is 0. The van der Waals surface area contributed by atoms with Gasteiger partial charge in [0.1, 0.15) is 24.4 Å². The van der Waals surface area contributed by atoms with Crippen molar-refractivity contribution in [2.24, 2.45) is 0 Å². The average Bonchev–Trinajstić information content (AvgIpc) is 2.70. The highest BCUT2D eigenvalue weighted by Crippen LogP contribution is 2.34. The van der Waals surface area contributed by atoms with Gasteiger partial charge in [-0.05, 0) is 0 Å². The molecule has 138 valence electrons. The molecule has 2 aliphatic heterocycles. The summed E-state index contributed by atoms with van der Waals surface area (Å²) in [5.41, 5.74) is 1.70. The topological polar surface area (TPSA) is 77.4 Å². The molecular weight excluding hydrogens is 336 g/mol. The van der Waals surface area contributed by atoms with Crippen LogP contribution in [0.15, 0.2) is 60.7 Å². The maximum absolute atomic E-state index is 10.4. The Bertz CT molecular complexity index is 632. The molecule has 6 heteroatoms. The Balaban J connectivity index is 1.51. The van der Waals surface area contributed by atoms with Gasteiger partial charge in [0.2, 0.25) is 0 Å². The molecule has 0 radical (unpaired) electrons. The molecular formula is C20H22O6. The second-order valence-electron chi connectivity index (χ2n) is 6.49. The highest BCUT2D eigenvalue weighted by atomic mass is 16.7. The van der Waals surface area contributed by atoms with E-state index in [-0.39, 0.29) is 13.2 Å². The van der Waals surface area contributed by atoms with Crippen molar-refractivity contribution in [2.45, 2.75) is 37.0 Å². The van der Waals surface area contributed by atoms with E-state index in [1.165, 1.54) is 0 Å². The molecule has 2 aromatic carbocycles. The summed E-state index contributed by atoms with van der Waals surface area (Å²) in [6.45, 7) is 0.210. The highest BCUT2D eigenvalue weighted by molar-refractivity contribution is 5.18. The summed E-state index contributed by atoms with van der Waals surface area (Å²) in [5, 5.41) is 20.8. The molecule has 2 fully saturated rings. The van der Waals surface area contributed by atoms with Gasteiger partial charge in [-0.15, -0.1) is 0 Å².